The summed E-state index contributed by atoms with van der Waals surface area (Å²) in [6.45, 7) is 10.3. The van der Waals surface area contributed by atoms with Crippen LogP contribution in [-0.2, 0) is 16.6 Å². The van der Waals surface area contributed by atoms with E-state index in [0.717, 1.165) is 5.57 Å². The maximum absolute atomic E-state index is 12.4. The van der Waals surface area contributed by atoms with Crippen LogP contribution in [0.25, 0.3) is 0 Å². The van der Waals surface area contributed by atoms with Crippen molar-refractivity contribution < 1.29 is 12.8 Å². The maximum atomic E-state index is 12.4. The van der Waals surface area contributed by atoms with Crippen LogP contribution in [0.5, 0.6) is 0 Å². The van der Waals surface area contributed by atoms with E-state index in [1.165, 1.54) is 11.4 Å². The number of sulfonamides is 1. The van der Waals surface area contributed by atoms with Gasteiger partial charge < -0.3 is 9.73 Å². The Balaban J connectivity index is 2.98. The molecule has 20 heavy (non-hydrogen) atoms. The number of nitrogens with zero attached hydrogens (tertiary/aromatic N) is 1. The third-order valence-electron chi connectivity index (χ3n) is 2.57. The average Bonchev–Trinajstić information content (AvgIpc) is 2.67. The van der Waals surface area contributed by atoms with Gasteiger partial charge in [0, 0.05) is 25.7 Å². The molecular formula is C13H21BrN2O3S. The molecule has 1 heterocycles. The van der Waals surface area contributed by atoms with Crippen LogP contribution in [0.15, 0.2) is 32.2 Å². The Bertz CT molecular complexity index is 578. The molecule has 0 saturated heterocycles. The lowest BCUT2D eigenvalue weighted by atomic mass is 10.3. The van der Waals surface area contributed by atoms with Gasteiger partial charge in [-0.2, -0.15) is 4.31 Å². The summed E-state index contributed by atoms with van der Waals surface area (Å²) in [5.41, 5.74) is 0.775. The van der Waals surface area contributed by atoms with E-state index in [0.29, 0.717) is 18.3 Å². The van der Waals surface area contributed by atoms with E-state index in [-0.39, 0.29) is 16.1 Å². The van der Waals surface area contributed by atoms with E-state index in [9.17, 15) is 8.42 Å². The van der Waals surface area contributed by atoms with Crippen LogP contribution < -0.4 is 5.32 Å². The van der Waals surface area contributed by atoms with E-state index in [4.69, 9.17) is 4.42 Å². The summed E-state index contributed by atoms with van der Waals surface area (Å²) in [7, 11) is -2.06. The summed E-state index contributed by atoms with van der Waals surface area (Å²) in [5, 5.41) is 3.18. The fourth-order valence-corrected chi connectivity index (χ4v) is 3.79. The fraction of sp³-hybridized carbons (Fsp3) is 0.538. The third-order valence-corrected chi connectivity index (χ3v) is 5.23. The van der Waals surface area contributed by atoms with Crippen molar-refractivity contribution in [2.75, 3.05) is 13.6 Å². The van der Waals surface area contributed by atoms with Crippen molar-refractivity contribution in [3.05, 3.63) is 28.6 Å². The molecule has 0 atom stereocenters. The zero-order chi connectivity index (χ0) is 15.5. The molecule has 0 spiro atoms. The number of halogens is 1. The number of hydrogen-bond donors (Lipinski definition) is 1. The molecule has 0 unspecified atom stereocenters. The van der Waals surface area contributed by atoms with Gasteiger partial charge in [-0.1, -0.05) is 26.0 Å². The number of likely N-dealkylation sites (N-methyl/N-ethyl adjacent to an activating group) is 1. The van der Waals surface area contributed by atoms with Gasteiger partial charge in [-0.05, 0) is 22.9 Å². The van der Waals surface area contributed by atoms with Gasteiger partial charge >= 0.3 is 0 Å². The van der Waals surface area contributed by atoms with Crippen LogP contribution in [0.3, 0.4) is 0 Å². The van der Waals surface area contributed by atoms with Gasteiger partial charge in [0.25, 0.3) is 0 Å². The number of rotatable bonds is 7. The topological polar surface area (TPSA) is 62.6 Å². The zero-order valence-corrected chi connectivity index (χ0v) is 14.6. The smallest absolute Gasteiger partial charge is 0.247 e. The first-order chi connectivity index (χ1) is 9.14. The monoisotopic (exact) mass is 364 g/mol. The minimum Gasteiger partial charge on any atom is -0.452 e. The predicted octanol–water partition coefficient (Wildman–Crippen LogP) is 2.74. The Morgan fingerprint density at radius 1 is 1.55 bits per heavy atom. The minimum absolute atomic E-state index is 0.141. The standard InChI is InChI=1S/C13H21BrN2O3S/c1-9(2)8-16(5)20(17,18)12-6-11(19-13(12)14)7-15-10(3)4/h6,10,15H,1,7-8H2,2-5H3. The SMILES string of the molecule is C=C(C)CN(C)S(=O)(=O)c1cc(CNC(C)C)oc1Br. The lowest BCUT2D eigenvalue weighted by Gasteiger charge is -2.15. The molecule has 0 fully saturated rings. The third kappa shape index (κ3) is 4.44. The molecule has 0 aromatic carbocycles. The van der Waals surface area contributed by atoms with Crippen LogP contribution >= 0.6 is 15.9 Å². The summed E-state index contributed by atoms with van der Waals surface area (Å²) in [4.78, 5) is 0.141. The van der Waals surface area contributed by atoms with Crippen LogP contribution in [0.2, 0.25) is 0 Å². The lowest BCUT2D eigenvalue weighted by molar-refractivity contribution is 0.444. The second-order valence-electron chi connectivity index (χ2n) is 5.10. The Morgan fingerprint density at radius 2 is 2.15 bits per heavy atom. The van der Waals surface area contributed by atoms with Gasteiger partial charge in [0.2, 0.25) is 10.0 Å². The summed E-state index contributed by atoms with van der Waals surface area (Å²) >= 11 is 3.17. The quantitative estimate of drug-likeness (QED) is 0.755. The van der Waals surface area contributed by atoms with Crippen molar-refractivity contribution in [3.63, 3.8) is 0 Å². The summed E-state index contributed by atoms with van der Waals surface area (Å²) < 4.78 is 31.7. The van der Waals surface area contributed by atoms with Crippen LogP contribution in [-0.4, -0.2) is 32.4 Å². The average molecular weight is 365 g/mol. The van der Waals surface area contributed by atoms with Crippen molar-refractivity contribution >= 4 is 26.0 Å². The molecule has 1 N–H and O–H groups in total. The Kier molecular flexibility index (Phi) is 6.00. The lowest BCUT2D eigenvalue weighted by Crippen LogP contribution is -2.28. The van der Waals surface area contributed by atoms with Crippen molar-refractivity contribution in [2.45, 2.75) is 38.3 Å². The summed E-state index contributed by atoms with van der Waals surface area (Å²) in [6, 6.07) is 1.84. The van der Waals surface area contributed by atoms with E-state index in [1.807, 2.05) is 13.8 Å². The van der Waals surface area contributed by atoms with Gasteiger partial charge in [-0.3, -0.25) is 0 Å². The van der Waals surface area contributed by atoms with Crippen molar-refractivity contribution in [3.8, 4) is 0 Å². The van der Waals surface area contributed by atoms with E-state index < -0.39 is 10.0 Å². The van der Waals surface area contributed by atoms with Gasteiger partial charge in [0.1, 0.15) is 10.7 Å². The molecule has 5 nitrogen and oxygen atoms in total. The van der Waals surface area contributed by atoms with E-state index >= 15 is 0 Å². The first-order valence-electron chi connectivity index (χ1n) is 6.27. The normalized spacial score (nSPS) is 12.3. The first kappa shape index (κ1) is 17.4. The molecule has 0 amide bonds. The largest absolute Gasteiger partial charge is 0.452 e. The second-order valence-corrected chi connectivity index (χ2v) is 7.84. The first-order valence-corrected chi connectivity index (χ1v) is 8.50. The van der Waals surface area contributed by atoms with E-state index in [1.54, 1.807) is 13.0 Å². The Hall–Kier alpha value is -0.630. The molecule has 1 aromatic rings. The molecule has 1 rings (SSSR count). The molecule has 0 aliphatic rings. The zero-order valence-electron chi connectivity index (χ0n) is 12.2. The highest BCUT2D eigenvalue weighted by atomic mass is 79.9. The predicted molar refractivity (Wildman–Crippen MR) is 83.0 cm³/mol. The van der Waals surface area contributed by atoms with Crippen molar-refractivity contribution in [1.82, 2.24) is 9.62 Å². The maximum Gasteiger partial charge on any atom is 0.247 e. The second kappa shape index (κ2) is 6.89. The van der Waals surface area contributed by atoms with Crippen molar-refractivity contribution in [2.24, 2.45) is 0 Å². The van der Waals surface area contributed by atoms with Crippen LogP contribution in [0.4, 0.5) is 0 Å². The number of furan rings is 1. The van der Waals surface area contributed by atoms with Crippen molar-refractivity contribution in [1.29, 1.82) is 0 Å². The molecular weight excluding hydrogens is 344 g/mol. The molecule has 0 aliphatic carbocycles. The number of hydrogen-bond acceptors (Lipinski definition) is 4. The van der Waals surface area contributed by atoms with Gasteiger partial charge in [-0.25, -0.2) is 8.42 Å². The Morgan fingerprint density at radius 3 is 2.65 bits per heavy atom. The molecule has 0 saturated carbocycles. The molecule has 0 bridgehead atoms. The van der Waals surface area contributed by atoms with Crippen LogP contribution in [0.1, 0.15) is 26.5 Å². The van der Waals surface area contributed by atoms with Gasteiger partial charge in [0.05, 0.1) is 6.54 Å². The molecule has 0 radical (unpaired) electrons. The molecule has 0 aliphatic heterocycles. The minimum atomic E-state index is -3.58. The van der Waals surface area contributed by atoms with Gasteiger partial charge in [0.15, 0.2) is 4.67 Å². The highest BCUT2D eigenvalue weighted by Gasteiger charge is 2.26. The summed E-state index contributed by atoms with van der Waals surface area (Å²) in [6.07, 6.45) is 0. The van der Waals surface area contributed by atoms with E-state index in [2.05, 4.69) is 27.8 Å². The molecule has 7 heteroatoms. The highest BCUT2D eigenvalue weighted by Crippen LogP contribution is 2.28. The van der Waals surface area contributed by atoms with Gasteiger partial charge in [-0.15, -0.1) is 0 Å². The molecule has 1 aromatic heterocycles. The Labute approximate surface area is 129 Å². The highest BCUT2D eigenvalue weighted by molar-refractivity contribution is 9.10. The molecule has 114 valence electrons. The fourth-order valence-electron chi connectivity index (χ4n) is 1.60. The number of nitrogens with one attached hydrogen (secondary N) is 1. The van der Waals surface area contributed by atoms with Crippen LogP contribution in [0, 0.1) is 0 Å². The summed E-state index contributed by atoms with van der Waals surface area (Å²) in [5.74, 6) is 0.577.